The summed E-state index contributed by atoms with van der Waals surface area (Å²) in [6.07, 6.45) is 0. The van der Waals surface area contributed by atoms with E-state index in [4.69, 9.17) is 30.6 Å². The number of benzene rings is 7. The fraction of sp³-hybridized carbons (Fsp3) is 0. The standard InChI is InChI=1S/C43H26B2N4O4/c44-31-21-32(45)39(52)35-36-38(33(50)22-34(51)40(36)53)49(37(31)35)30-13-7-12-28(20-30)42-46-41(24-10-5-2-6-11-24)47-43(48-42)29-17-16-26-18-25(14-15-27(26)19-29)23-8-3-1-4-9-23/h1-22,50-53H. The minimum absolute atomic E-state index is 0.0135. The van der Waals surface area contributed by atoms with E-state index in [1.165, 1.54) is 6.07 Å². The Hall–Kier alpha value is -7.06. The van der Waals surface area contributed by atoms with E-state index in [-0.39, 0.29) is 44.2 Å². The van der Waals surface area contributed by atoms with Crippen molar-refractivity contribution < 1.29 is 20.4 Å². The molecule has 0 bridgehead atoms. The first kappa shape index (κ1) is 31.9. The molecule has 0 spiro atoms. The quantitative estimate of drug-likeness (QED) is 0.0859. The van der Waals surface area contributed by atoms with Crippen molar-refractivity contribution in [3.8, 4) is 74.0 Å². The van der Waals surface area contributed by atoms with Gasteiger partial charge in [-0.2, -0.15) is 0 Å². The van der Waals surface area contributed by atoms with Gasteiger partial charge in [0.15, 0.2) is 29.0 Å². The van der Waals surface area contributed by atoms with Crippen LogP contribution in [0.5, 0.6) is 23.0 Å². The molecule has 53 heavy (non-hydrogen) atoms. The van der Waals surface area contributed by atoms with Crippen LogP contribution in [0.25, 0.3) is 83.6 Å². The summed E-state index contributed by atoms with van der Waals surface area (Å²) in [5.74, 6) is -0.464. The average Bonchev–Trinajstić information content (AvgIpc) is 3.57. The van der Waals surface area contributed by atoms with Crippen LogP contribution >= 0.6 is 0 Å². The third-order valence-corrected chi connectivity index (χ3v) is 9.50. The Morgan fingerprint density at radius 2 is 0.962 bits per heavy atom. The second-order valence-corrected chi connectivity index (χ2v) is 12.8. The molecular formula is C43H26B2N4O4. The van der Waals surface area contributed by atoms with E-state index in [9.17, 15) is 20.4 Å². The highest BCUT2D eigenvalue weighted by Crippen LogP contribution is 2.47. The highest BCUT2D eigenvalue weighted by atomic mass is 16.3. The number of phenols is 4. The maximum Gasteiger partial charge on any atom is 0.168 e. The fourth-order valence-electron chi connectivity index (χ4n) is 6.98. The fourth-order valence-corrected chi connectivity index (χ4v) is 6.98. The Labute approximate surface area is 305 Å². The molecule has 4 N–H and O–H groups in total. The molecule has 0 atom stereocenters. The van der Waals surface area contributed by atoms with Crippen molar-refractivity contribution in [3.63, 3.8) is 0 Å². The van der Waals surface area contributed by atoms with E-state index >= 15 is 0 Å². The molecule has 7 aromatic carbocycles. The Kier molecular flexibility index (Phi) is 7.41. The van der Waals surface area contributed by atoms with Crippen LogP contribution in [0, 0.1) is 0 Å². The topological polar surface area (TPSA) is 125 Å². The SMILES string of the molecule is [B]c1cc([B])c2c(c1O)c1c(O)c(O)cc(O)c1n2-c1cccc(-c2nc(-c3ccccc3)nc(-c3ccc4cc(-c5ccccc5)ccc4c3)n2)c1. The van der Waals surface area contributed by atoms with Crippen molar-refractivity contribution >= 4 is 59.2 Å². The number of phenolic OH excluding ortho intramolecular Hbond substituents is 4. The van der Waals surface area contributed by atoms with Crippen molar-refractivity contribution in [3.05, 3.63) is 133 Å². The lowest BCUT2D eigenvalue weighted by Crippen LogP contribution is -2.16. The van der Waals surface area contributed by atoms with Gasteiger partial charge in [0.05, 0.1) is 16.3 Å². The number of aromatic hydroxyl groups is 4. The summed E-state index contributed by atoms with van der Waals surface area (Å²) < 4.78 is 1.60. The van der Waals surface area contributed by atoms with Crippen LogP contribution in [-0.4, -0.2) is 55.6 Å². The Bertz CT molecular complexity index is 2840. The monoisotopic (exact) mass is 684 g/mol. The third-order valence-electron chi connectivity index (χ3n) is 9.50. The van der Waals surface area contributed by atoms with E-state index in [2.05, 4.69) is 42.5 Å². The average molecular weight is 684 g/mol. The highest BCUT2D eigenvalue weighted by molar-refractivity contribution is 6.46. The minimum atomic E-state index is -0.570. The van der Waals surface area contributed by atoms with Crippen LogP contribution in [-0.2, 0) is 0 Å². The predicted molar refractivity (Wildman–Crippen MR) is 211 cm³/mol. The van der Waals surface area contributed by atoms with Crippen molar-refractivity contribution in [1.29, 1.82) is 0 Å². The van der Waals surface area contributed by atoms with Crippen molar-refractivity contribution in [2.45, 2.75) is 0 Å². The summed E-state index contributed by atoms with van der Waals surface area (Å²) in [6.45, 7) is 0. The van der Waals surface area contributed by atoms with Gasteiger partial charge in [0.2, 0.25) is 0 Å². The second-order valence-electron chi connectivity index (χ2n) is 12.8. The van der Waals surface area contributed by atoms with E-state index in [0.29, 0.717) is 28.7 Å². The lowest BCUT2D eigenvalue weighted by molar-refractivity contribution is 0.402. The molecule has 9 aromatic rings. The van der Waals surface area contributed by atoms with Gasteiger partial charge >= 0.3 is 0 Å². The van der Waals surface area contributed by atoms with E-state index < -0.39 is 11.5 Å². The van der Waals surface area contributed by atoms with Gasteiger partial charge in [-0.05, 0) is 46.2 Å². The maximum absolute atomic E-state index is 11.2. The molecule has 0 aliphatic carbocycles. The zero-order chi connectivity index (χ0) is 36.4. The van der Waals surface area contributed by atoms with Gasteiger partial charge in [0.25, 0.3) is 0 Å². The van der Waals surface area contributed by atoms with Crippen molar-refractivity contribution in [1.82, 2.24) is 19.5 Å². The Balaban J connectivity index is 1.23. The molecule has 0 saturated carbocycles. The zero-order valence-corrected chi connectivity index (χ0v) is 27.9. The summed E-state index contributed by atoms with van der Waals surface area (Å²) >= 11 is 0. The molecule has 248 valence electrons. The number of hydrogen-bond acceptors (Lipinski definition) is 7. The van der Waals surface area contributed by atoms with Gasteiger partial charge in [-0.1, -0.05) is 114 Å². The van der Waals surface area contributed by atoms with Crippen molar-refractivity contribution in [2.75, 3.05) is 0 Å². The van der Waals surface area contributed by atoms with E-state index in [1.807, 2.05) is 66.7 Å². The molecular weight excluding hydrogens is 658 g/mol. The highest BCUT2D eigenvalue weighted by Gasteiger charge is 2.25. The first-order chi connectivity index (χ1) is 25.7. The summed E-state index contributed by atoms with van der Waals surface area (Å²) in [4.78, 5) is 14.8. The van der Waals surface area contributed by atoms with E-state index in [0.717, 1.165) is 39.1 Å². The van der Waals surface area contributed by atoms with Crippen LogP contribution in [0.2, 0.25) is 0 Å². The molecule has 2 aromatic heterocycles. The summed E-state index contributed by atoms with van der Waals surface area (Å²) in [6, 6.07) is 42.1. The second kappa shape index (κ2) is 12.3. The van der Waals surface area contributed by atoms with Gasteiger partial charge in [-0.15, -0.1) is 0 Å². The normalized spacial score (nSPS) is 11.5. The van der Waals surface area contributed by atoms with Gasteiger partial charge in [0.1, 0.15) is 32.7 Å². The number of hydrogen-bond donors (Lipinski definition) is 4. The molecule has 0 amide bonds. The minimum Gasteiger partial charge on any atom is -0.508 e. The summed E-state index contributed by atoms with van der Waals surface area (Å²) in [5, 5.41) is 45.9. The zero-order valence-electron chi connectivity index (χ0n) is 27.9. The number of aromatic nitrogens is 4. The van der Waals surface area contributed by atoms with Crippen LogP contribution in [0.4, 0.5) is 0 Å². The molecule has 10 heteroatoms. The molecule has 8 nitrogen and oxygen atoms in total. The number of fused-ring (bicyclic) bond motifs is 4. The van der Waals surface area contributed by atoms with Gasteiger partial charge in [-0.3, -0.25) is 0 Å². The van der Waals surface area contributed by atoms with Gasteiger partial charge in [0, 0.05) is 28.4 Å². The molecule has 0 fully saturated rings. The van der Waals surface area contributed by atoms with Crippen LogP contribution in [0.3, 0.4) is 0 Å². The maximum atomic E-state index is 11.2. The van der Waals surface area contributed by atoms with Crippen LogP contribution in [0.1, 0.15) is 0 Å². The smallest absolute Gasteiger partial charge is 0.168 e. The molecule has 0 unspecified atom stereocenters. The predicted octanol–water partition coefficient (Wildman–Crippen LogP) is 7.20. The molecule has 2 heterocycles. The summed E-state index contributed by atoms with van der Waals surface area (Å²) in [5.41, 5.74) is 5.54. The molecule has 0 aliphatic rings. The molecule has 0 aliphatic heterocycles. The lowest BCUT2D eigenvalue weighted by atomic mass is 9.84. The van der Waals surface area contributed by atoms with Crippen LogP contribution in [0.15, 0.2) is 133 Å². The summed E-state index contributed by atoms with van der Waals surface area (Å²) in [7, 11) is 12.6. The Morgan fingerprint density at radius 1 is 0.415 bits per heavy atom. The largest absolute Gasteiger partial charge is 0.508 e. The first-order valence-corrected chi connectivity index (χ1v) is 16.8. The number of rotatable bonds is 5. The molecule has 9 rings (SSSR count). The lowest BCUT2D eigenvalue weighted by Gasteiger charge is -2.14. The van der Waals surface area contributed by atoms with Crippen LogP contribution < -0.4 is 10.9 Å². The Morgan fingerprint density at radius 3 is 1.64 bits per heavy atom. The third kappa shape index (κ3) is 5.31. The first-order valence-electron chi connectivity index (χ1n) is 16.8. The van der Waals surface area contributed by atoms with Gasteiger partial charge in [-0.25, -0.2) is 15.0 Å². The van der Waals surface area contributed by atoms with Crippen molar-refractivity contribution in [2.24, 2.45) is 0 Å². The number of nitrogens with zero attached hydrogens (tertiary/aromatic N) is 4. The molecule has 4 radical (unpaired) electrons. The molecule has 0 saturated heterocycles. The van der Waals surface area contributed by atoms with Gasteiger partial charge < -0.3 is 25.0 Å². The van der Waals surface area contributed by atoms with E-state index in [1.54, 1.807) is 16.7 Å².